The predicted octanol–water partition coefficient (Wildman–Crippen LogP) is 3.88. The molecule has 0 unspecified atom stereocenters. The summed E-state index contributed by atoms with van der Waals surface area (Å²) < 4.78 is 10.2. The second kappa shape index (κ2) is 9.54. The highest BCUT2D eigenvalue weighted by atomic mass is 16.5. The molecule has 5 rings (SSSR count). The quantitative estimate of drug-likeness (QED) is 0.404. The van der Waals surface area contributed by atoms with Gasteiger partial charge in [-0.25, -0.2) is 9.78 Å². The van der Waals surface area contributed by atoms with Gasteiger partial charge in [-0.3, -0.25) is 4.79 Å². The number of aromatic nitrogens is 3. The van der Waals surface area contributed by atoms with Crippen molar-refractivity contribution in [3.05, 3.63) is 71.2 Å². The highest BCUT2D eigenvalue weighted by Gasteiger charge is 2.25. The summed E-state index contributed by atoms with van der Waals surface area (Å²) >= 11 is 0. The van der Waals surface area contributed by atoms with Gasteiger partial charge in [0.1, 0.15) is 5.82 Å². The average molecular weight is 472 g/mol. The van der Waals surface area contributed by atoms with Crippen molar-refractivity contribution < 1.29 is 18.8 Å². The van der Waals surface area contributed by atoms with Crippen LogP contribution < -0.4 is 5.32 Å². The highest BCUT2D eigenvalue weighted by Crippen LogP contribution is 2.27. The zero-order chi connectivity index (χ0) is 24.4. The molecule has 0 spiro atoms. The second-order valence-electron chi connectivity index (χ2n) is 8.29. The topological polar surface area (TPSA) is 110 Å². The van der Waals surface area contributed by atoms with Crippen molar-refractivity contribution in [3.8, 4) is 11.4 Å². The van der Waals surface area contributed by atoms with E-state index in [1.165, 1.54) is 0 Å². The summed E-state index contributed by atoms with van der Waals surface area (Å²) in [5.41, 5.74) is 2.74. The molecule has 2 aromatic heterocycles. The minimum absolute atomic E-state index is 0.0835. The SMILES string of the molecule is CCOC(=O)c1ccc2c(c1)C(=O)N(CCNc1nccc3ccc(-c4noc(C)n4)cc13)CC2. The molecule has 35 heavy (non-hydrogen) atoms. The van der Waals surface area contributed by atoms with Gasteiger partial charge in [0.05, 0.1) is 12.2 Å². The zero-order valence-corrected chi connectivity index (χ0v) is 19.6. The first-order valence-electron chi connectivity index (χ1n) is 11.6. The van der Waals surface area contributed by atoms with Crippen molar-refractivity contribution >= 4 is 28.5 Å². The van der Waals surface area contributed by atoms with E-state index < -0.39 is 5.97 Å². The van der Waals surface area contributed by atoms with E-state index in [4.69, 9.17) is 9.26 Å². The number of carbonyl (C=O) groups is 2. The summed E-state index contributed by atoms with van der Waals surface area (Å²) in [7, 11) is 0. The molecule has 0 bridgehead atoms. The number of anilines is 1. The molecule has 1 aliphatic rings. The molecule has 1 aliphatic heterocycles. The molecule has 4 aromatic rings. The van der Waals surface area contributed by atoms with E-state index in [1.807, 2.05) is 30.3 Å². The normalized spacial score (nSPS) is 13.1. The Morgan fingerprint density at radius 3 is 2.89 bits per heavy atom. The Hall–Kier alpha value is -4.27. The monoisotopic (exact) mass is 471 g/mol. The lowest BCUT2D eigenvalue weighted by Crippen LogP contribution is -2.40. The number of ether oxygens (including phenoxy) is 1. The molecule has 9 nitrogen and oxygen atoms in total. The molecule has 0 aliphatic carbocycles. The van der Waals surface area contributed by atoms with Gasteiger partial charge in [0, 0.05) is 49.3 Å². The zero-order valence-electron chi connectivity index (χ0n) is 19.6. The molecular weight excluding hydrogens is 446 g/mol. The number of fused-ring (bicyclic) bond motifs is 2. The Bertz CT molecular complexity index is 1410. The number of esters is 1. The van der Waals surface area contributed by atoms with Crippen LogP contribution in [0.4, 0.5) is 5.82 Å². The van der Waals surface area contributed by atoms with Gasteiger partial charge in [-0.15, -0.1) is 0 Å². The fourth-order valence-electron chi connectivity index (χ4n) is 4.25. The Kier molecular flexibility index (Phi) is 6.13. The maximum atomic E-state index is 13.1. The van der Waals surface area contributed by atoms with Crippen molar-refractivity contribution in [1.82, 2.24) is 20.0 Å². The summed E-state index contributed by atoms with van der Waals surface area (Å²) in [4.78, 5) is 35.8. The van der Waals surface area contributed by atoms with E-state index in [1.54, 1.807) is 37.1 Å². The maximum absolute atomic E-state index is 13.1. The molecule has 178 valence electrons. The lowest BCUT2D eigenvalue weighted by molar-refractivity contribution is 0.0526. The van der Waals surface area contributed by atoms with Crippen molar-refractivity contribution in [2.75, 3.05) is 31.6 Å². The Balaban J connectivity index is 1.30. The van der Waals surface area contributed by atoms with Crippen LogP contribution in [0.2, 0.25) is 0 Å². The van der Waals surface area contributed by atoms with Crippen molar-refractivity contribution in [3.63, 3.8) is 0 Å². The lowest BCUT2D eigenvalue weighted by Gasteiger charge is -2.29. The van der Waals surface area contributed by atoms with Gasteiger partial charge in [0.15, 0.2) is 0 Å². The summed E-state index contributed by atoms with van der Waals surface area (Å²) in [5, 5.41) is 9.33. The van der Waals surface area contributed by atoms with Crippen LogP contribution in [-0.4, -0.2) is 58.1 Å². The van der Waals surface area contributed by atoms with Gasteiger partial charge in [-0.05, 0) is 48.6 Å². The number of benzene rings is 2. The third-order valence-corrected chi connectivity index (χ3v) is 6.02. The number of nitrogens with zero attached hydrogens (tertiary/aromatic N) is 4. The van der Waals surface area contributed by atoms with E-state index in [2.05, 4.69) is 20.4 Å². The third-order valence-electron chi connectivity index (χ3n) is 6.02. The van der Waals surface area contributed by atoms with E-state index in [-0.39, 0.29) is 5.91 Å². The summed E-state index contributed by atoms with van der Waals surface area (Å²) in [6.45, 7) is 5.45. The number of rotatable bonds is 7. The van der Waals surface area contributed by atoms with E-state index in [9.17, 15) is 9.59 Å². The Morgan fingerprint density at radius 1 is 1.20 bits per heavy atom. The second-order valence-corrected chi connectivity index (χ2v) is 8.29. The summed E-state index contributed by atoms with van der Waals surface area (Å²) in [6, 6.07) is 13.1. The average Bonchev–Trinajstić information content (AvgIpc) is 3.31. The number of amides is 1. The van der Waals surface area contributed by atoms with Crippen LogP contribution in [0.1, 0.15) is 39.1 Å². The number of hydrogen-bond acceptors (Lipinski definition) is 8. The maximum Gasteiger partial charge on any atom is 0.338 e. The first-order valence-corrected chi connectivity index (χ1v) is 11.6. The number of carbonyl (C=O) groups excluding carboxylic acids is 2. The Morgan fingerprint density at radius 2 is 2.09 bits per heavy atom. The molecule has 0 radical (unpaired) electrons. The molecule has 3 heterocycles. The number of pyridine rings is 1. The summed E-state index contributed by atoms with van der Waals surface area (Å²) in [6.07, 6.45) is 2.49. The van der Waals surface area contributed by atoms with Gasteiger partial charge >= 0.3 is 5.97 Å². The van der Waals surface area contributed by atoms with E-state index in [0.29, 0.717) is 49.1 Å². The molecule has 1 N–H and O–H groups in total. The van der Waals surface area contributed by atoms with Crippen LogP contribution in [0.25, 0.3) is 22.2 Å². The smallest absolute Gasteiger partial charge is 0.338 e. The molecule has 0 saturated carbocycles. The van der Waals surface area contributed by atoms with E-state index >= 15 is 0 Å². The largest absolute Gasteiger partial charge is 0.462 e. The van der Waals surface area contributed by atoms with Crippen LogP contribution in [0, 0.1) is 6.92 Å². The van der Waals surface area contributed by atoms with Gasteiger partial charge in [0.2, 0.25) is 11.7 Å². The van der Waals surface area contributed by atoms with Crippen LogP contribution in [0.15, 0.2) is 53.2 Å². The lowest BCUT2D eigenvalue weighted by atomic mass is 9.96. The van der Waals surface area contributed by atoms with E-state index in [0.717, 1.165) is 34.1 Å². The third kappa shape index (κ3) is 4.57. The molecule has 1 amide bonds. The van der Waals surface area contributed by atoms with Gasteiger partial charge in [0.25, 0.3) is 5.91 Å². The predicted molar refractivity (Wildman–Crippen MR) is 130 cm³/mol. The molecule has 0 saturated heterocycles. The number of aryl methyl sites for hydroxylation is 1. The van der Waals surface area contributed by atoms with Crippen molar-refractivity contribution in [2.24, 2.45) is 0 Å². The fourth-order valence-corrected chi connectivity index (χ4v) is 4.25. The summed E-state index contributed by atoms with van der Waals surface area (Å²) in [5.74, 6) is 1.25. The van der Waals surface area contributed by atoms with Crippen molar-refractivity contribution in [1.29, 1.82) is 0 Å². The molecule has 9 heteroatoms. The highest BCUT2D eigenvalue weighted by molar-refractivity contribution is 6.00. The van der Waals surface area contributed by atoms with Gasteiger partial charge in [-0.1, -0.05) is 23.4 Å². The molecule has 0 atom stereocenters. The van der Waals surface area contributed by atoms with Crippen molar-refractivity contribution in [2.45, 2.75) is 20.3 Å². The number of hydrogen-bond donors (Lipinski definition) is 1. The molecule has 2 aromatic carbocycles. The first-order chi connectivity index (χ1) is 17.0. The van der Waals surface area contributed by atoms with Gasteiger partial charge in [-0.2, -0.15) is 4.98 Å². The minimum atomic E-state index is -0.417. The first kappa shape index (κ1) is 22.5. The molecular formula is C26H25N5O4. The number of nitrogens with one attached hydrogen (secondary N) is 1. The fraction of sp³-hybridized carbons (Fsp3) is 0.269. The van der Waals surface area contributed by atoms with Crippen LogP contribution in [-0.2, 0) is 11.2 Å². The van der Waals surface area contributed by atoms with Crippen LogP contribution >= 0.6 is 0 Å². The van der Waals surface area contributed by atoms with Gasteiger partial charge < -0.3 is 19.5 Å². The van der Waals surface area contributed by atoms with Crippen LogP contribution in [0.3, 0.4) is 0 Å². The molecule has 0 fully saturated rings. The van der Waals surface area contributed by atoms with Crippen LogP contribution in [0.5, 0.6) is 0 Å². The minimum Gasteiger partial charge on any atom is -0.462 e. The Labute approximate surface area is 202 Å². The standard InChI is InChI=1S/C26H25N5O4/c1-3-34-26(33)20-7-5-18-9-12-31(25(32)22(18)15-20)13-11-28-24-21-14-19(23-29-16(2)35-30-23)6-4-17(21)8-10-27-24/h4-8,10,14-15H,3,9,11-13H2,1-2H3,(H,27,28).